The van der Waals surface area contributed by atoms with Gasteiger partial charge in [-0.15, -0.1) is 0 Å². The van der Waals surface area contributed by atoms with Gasteiger partial charge in [-0.05, 0) is 43.5 Å². The number of halogens is 2. The van der Waals surface area contributed by atoms with Gasteiger partial charge in [0.1, 0.15) is 5.82 Å². The molecule has 0 aliphatic carbocycles. The predicted molar refractivity (Wildman–Crippen MR) is 78.6 cm³/mol. The summed E-state index contributed by atoms with van der Waals surface area (Å²) in [5, 5.41) is 10.1. The van der Waals surface area contributed by atoms with Gasteiger partial charge in [-0.1, -0.05) is 45.8 Å². The Morgan fingerprint density at radius 2 is 1.84 bits per heavy atom. The van der Waals surface area contributed by atoms with Crippen LogP contribution in [0.15, 0.2) is 46.9 Å². The number of hydrogen-bond acceptors (Lipinski definition) is 1. The van der Waals surface area contributed by atoms with E-state index in [2.05, 4.69) is 15.9 Å². The van der Waals surface area contributed by atoms with Crippen molar-refractivity contribution in [2.24, 2.45) is 0 Å². The molecule has 2 aromatic rings. The molecule has 100 valence electrons. The summed E-state index contributed by atoms with van der Waals surface area (Å²) >= 11 is 3.29. The van der Waals surface area contributed by atoms with Crippen molar-refractivity contribution in [2.75, 3.05) is 0 Å². The normalized spacial score (nSPS) is 12.4. The van der Waals surface area contributed by atoms with Crippen LogP contribution in [0.25, 0.3) is 0 Å². The molecule has 19 heavy (non-hydrogen) atoms. The Bertz CT molecular complexity index is 551. The van der Waals surface area contributed by atoms with Crippen LogP contribution < -0.4 is 0 Å². The molecule has 0 saturated heterocycles. The minimum absolute atomic E-state index is 0.349. The number of benzene rings is 2. The molecule has 1 atom stereocenters. The Balaban J connectivity index is 2.03. The fraction of sp³-hybridized carbons (Fsp3) is 0.250. The van der Waals surface area contributed by atoms with E-state index >= 15 is 0 Å². The summed E-state index contributed by atoms with van der Waals surface area (Å²) in [7, 11) is 0. The van der Waals surface area contributed by atoms with Gasteiger partial charge >= 0.3 is 0 Å². The minimum Gasteiger partial charge on any atom is -0.388 e. The fourth-order valence-corrected chi connectivity index (χ4v) is 2.36. The van der Waals surface area contributed by atoms with Gasteiger partial charge in [-0.2, -0.15) is 0 Å². The second-order valence-corrected chi connectivity index (χ2v) is 5.62. The molecule has 0 saturated carbocycles. The average Bonchev–Trinajstić information content (AvgIpc) is 2.40. The molecule has 3 heteroatoms. The van der Waals surface area contributed by atoms with Crippen molar-refractivity contribution in [3.8, 4) is 0 Å². The van der Waals surface area contributed by atoms with E-state index in [4.69, 9.17) is 0 Å². The maximum atomic E-state index is 13.6. The van der Waals surface area contributed by atoms with Crippen LogP contribution in [0.5, 0.6) is 0 Å². The molecule has 1 nitrogen and oxygen atoms in total. The van der Waals surface area contributed by atoms with Gasteiger partial charge in [-0.3, -0.25) is 0 Å². The second-order valence-electron chi connectivity index (χ2n) is 4.71. The highest BCUT2D eigenvalue weighted by atomic mass is 79.9. The molecule has 0 bridgehead atoms. The molecule has 2 aromatic carbocycles. The predicted octanol–water partition coefficient (Wildman–Crippen LogP) is 4.56. The van der Waals surface area contributed by atoms with Crippen molar-refractivity contribution in [1.29, 1.82) is 0 Å². The fourth-order valence-electron chi connectivity index (χ4n) is 1.98. The second kappa shape index (κ2) is 6.31. The van der Waals surface area contributed by atoms with Crippen molar-refractivity contribution in [2.45, 2.75) is 25.9 Å². The van der Waals surface area contributed by atoms with Gasteiger partial charge in [-0.25, -0.2) is 4.39 Å². The van der Waals surface area contributed by atoms with Gasteiger partial charge in [0, 0.05) is 10.0 Å². The molecule has 1 N–H and O–H groups in total. The molecule has 0 radical (unpaired) electrons. The molecule has 0 spiro atoms. The lowest BCUT2D eigenvalue weighted by atomic mass is 10.0. The van der Waals surface area contributed by atoms with Crippen molar-refractivity contribution in [3.05, 3.63) is 69.4 Å². The van der Waals surface area contributed by atoms with Crippen molar-refractivity contribution < 1.29 is 9.50 Å². The molecule has 0 fully saturated rings. The van der Waals surface area contributed by atoms with Crippen LogP contribution in [0, 0.1) is 12.7 Å². The smallest absolute Gasteiger partial charge is 0.129 e. The first kappa shape index (κ1) is 14.2. The monoisotopic (exact) mass is 322 g/mol. The SMILES string of the molecule is Cc1ccc(CCC(O)c2cc(Br)ccc2F)cc1. The van der Waals surface area contributed by atoms with E-state index in [0.717, 1.165) is 16.5 Å². The highest BCUT2D eigenvalue weighted by Crippen LogP contribution is 2.25. The van der Waals surface area contributed by atoms with Crippen LogP contribution in [0.1, 0.15) is 29.2 Å². The summed E-state index contributed by atoms with van der Waals surface area (Å²) in [6, 6.07) is 12.8. The topological polar surface area (TPSA) is 20.2 Å². The number of hydrogen-bond donors (Lipinski definition) is 1. The maximum Gasteiger partial charge on any atom is 0.129 e. The lowest BCUT2D eigenvalue weighted by Crippen LogP contribution is -2.02. The average molecular weight is 323 g/mol. The number of rotatable bonds is 4. The molecule has 0 amide bonds. The largest absolute Gasteiger partial charge is 0.388 e. The Labute approximate surface area is 121 Å². The lowest BCUT2D eigenvalue weighted by molar-refractivity contribution is 0.163. The molecule has 0 heterocycles. The summed E-state index contributed by atoms with van der Waals surface area (Å²) in [5.41, 5.74) is 2.71. The highest BCUT2D eigenvalue weighted by Gasteiger charge is 2.13. The molecule has 1 unspecified atom stereocenters. The lowest BCUT2D eigenvalue weighted by Gasteiger charge is -2.12. The third-order valence-electron chi connectivity index (χ3n) is 3.14. The van der Waals surface area contributed by atoms with Crippen molar-refractivity contribution in [3.63, 3.8) is 0 Å². The highest BCUT2D eigenvalue weighted by molar-refractivity contribution is 9.10. The molecule has 0 aliphatic heterocycles. The molecule has 2 rings (SSSR count). The van der Waals surface area contributed by atoms with E-state index in [1.807, 2.05) is 31.2 Å². The first-order chi connectivity index (χ1) is 9.06. The molecule has 0 aliphatic rings. The quantitative estimate of drug-likeness (QED) is 0.874. The van der Waals surface area contributed by atoms with E-state index in [0.29, 0.717) is 12.0 Å². The maximum absolute atomic E-state index is 13.6. The molecular formula is C16H16BrFO. The Morgan fingerprint density at radius 3 is 2.53 bits per heavy atom. The van der Waals surface area contributed by atoms with Crippen LogP contribution in [0.4, 0.5) is 4.39 Å². The summed E-state index contributed by atoms with van der Waals surface area (Å²) in [6.45, 7) is 2.04. The third kappa shape index (κ3) is 3.88. The summed E-state index contributed by atoms with van der Waals surface area (Å²) in [4.78, 5) is 0. The van der Waals surface area contributed by atoms with Crippen LogP contribution in [0.2, 0.25) is 0 Å². The number of aryl methyl sites for hydroxylation is 2. The number of aliphatic hydroxyl groups is 1. The third-order valence-corrected chi connectivity index (χ3v) is 3.64. The van der Waals surface area contributed by atoms with Crippen molar-refractivity contribution in [1.82, 2.24) is 0 Å². The van der Waals surface area contributed by atoms with E-state index in [1.165, 1.54) is 11.6 Å². The van der Waals surface area contributed by atoms with Crippen LogP contribution in [-0.2, 0) is 6.42 Å². The van der Waals surface area contributed by atoms with Crippen molar-refractivity contribution >= 4 is 15.9 Å². The van der Waals surface area contributed by atoms with E-state index in [-0.39, 0.29) is 5.82 Å². The first-order valence-electron chi connectivity index (χ1n) is 6.25. The number of aliphatic hydroxyl groups excluding tert-OH is 1. The van der Waals surface area contributed by atoms with Gasteiger partial charge < -0.3 is 5.11 Å². The van der Waals surface area contributed by atoms with Crippen LogP contribution >= 0.6 is 15.9 Å². The van der Waals surface area contributed by atoms with Crippen LogP contribution in [-0.4, -0.2) is 5.11 Å². The zero-order chi connectivity index (χ0) is 13.8. The van der Waals surface area contributed by atoms with Crippen LogP contribution in [0.3, 0.4) is 0 Å². The Hall–Kier alpha value is -1.19. The van der Waals surface area contributed by atoms with Gasteiger partial charge in [0.25, 0.3) is 0 Å². The van der Waals surface area contributed by atoms with E-state index in [9.17, 15) is 9.50 Å². The zero-order valence-electron chi connectivity index (χ0n) is 10.7. The summed E-state index contributed by atoms with van der Waals surface area (Å²) < 4.78 is 14.4. The van der Waals surface area contributed by atoms with Gasteiger partial charge in [0.15, 0.2) is 0 Å². The first-order valence-corrected chi connectivity index (χ1v) is 7.04. The Morgan fingerprint density at radius 1 is 1.16 bits per heavy atom. The summed E-state index contributed by atoms with van der Waals surface area (Å²) in [6.07, 6.45) is 0.461. The zero-order valence-corrected chi connectivity index (χ0v) is 12.3. The van der Waals surface area contributed by atoms with E-state index < -0.39 is 6.10 Å². The van der Waals surface area contributed by atoms with Gasteiger partial charge in [0.2, 0.25) is 0 Å². The van der Waals surface area contributed by atoms with Gasteiger partial charge in [0.05, 0.1) is 6.10 Å². The molecule has 0 aromatic heterocycles. The standard InChI is InChI=1S/C16H16BrFO/c1-11-2-4-12(5-3-11)6-9-16(19)14-10-13(17)7-8-15(14)18/h2-5,7-8,10,16,19H,6,9H2,1H3. The summed E-state index contributed by atoms with van der Waals surface area (Å²) in [5.74, 6) is -0.361. The Kier molecular flexibility index (Phi) is 4.72. The minimum atomic E-state index is -0.779. The van der Waals surface area contributed by atoms with E-state index in [1.54, 1.807) is 12.1 Å². The molecular weight excluding hydrogens is 307 g/mol.